The van der Waals surface area contributed by atoms with Gasteiger partial charge in [-0.25, -0.2) is 0 Å². The van der Waals surface area contributed by atoms with Gasteiger partial charge in [0.05, 0.1) is 0 Å². The van der Waals surface area contributed by atoms with Gasteiger partial charge in [-0.3, -0.25) is 9.59 Å². The smallest absolute Gasteiger partial charge is 0.322 e. The number of carbonyl (C=O) groups is 2. The highest BCUT2D eigenvalue weighted by Gasteiger charge is 2.13. The fraction of sp³-hybridized carbons (Fsp3) is 0.467. The van der Waals surface area contributed by atoms with E-state index in [1.807, 2.05) is 19.1 Å². The van der Waals surface area contributed by atoms with Crippen molar-refractivity contribution >= 4 is 11.9 Å². The van der Waals surface area contributed by atoms with Crippen LogP contribution in [-0.4, -0.2) is 23.5 Å². The summed E-state index contributed by atoms with van der Waals surface area (Å²) >= 11 is 0. The van der Waals surface area contributed by atoms with Crippen molar-refractivity contribution < 1.29 is 14.7 Å². The topological polar surface area (TPSA) is 66.4 Å². The fourth-order valence-electron chi connectivity index (χ4n) is 2.21. The predicted molar refractivity (Wildman–Crippen MR) is 74.5 cm³/mol. The summed E-state index contributed by atoms with van der Waals surface area (Å²) in [6, 6.07) is 5.76. The molecule has 2 N–H and O–H groups in total. The number of carboxylic acids is 1. The fourth-order valence-corrected chi connectivity index (χ4v) is 2.21. The summed E-state index contributed by atoms with van der Waals surface area (Å²) in [6.07, 6.45) is 2.14. The number of carbonyl (C=O) groups excluding carboxylic acids is 1. The molecule has 0 aliphatic heterocycles. The molecule has 0 aromatic heterocycles. The molecular formula is C15H21NO3. The van der Waals surface area contributed by atoms with Gasteiger partial charge in [-0.2, -0.15) is 0 Å². The SMILES string of the molecule is CCC(CC)c1ccc(C(=O)NCC(=O)O)c(C)c1. The molecule has 1 aromatic carbocycles. The number of benzene rings is 1. The zero-order chi connectivity index (χ0) is 14.4. The van der Waals surface area contributed by atoms with E-state index in [2.05, 4.69) is 19.2 Å². The van der Waals surface area contributed by atoms with Gasteiger partial charge in [0.25, 0.3) is 5.91 Å². The minimum Gasteiger partial charge on any atom is -0.480 e. The maximum absolute atomic E-state index is 11.8. The van der Waals surface area contributed by atoms with Gasteiger partial charge in [-0.05, 0) is 42.9 Å². The van der Waals surface area contributed by atoms with Crippen LogP contribution in [0.25, 0.3) is 0 Å². The number of amides is 1. The van der Waals surface area contributed by atoms with Crippen LogP contribution in [0.1, 0.15) is 54.1 Å². The minimum absolute atomic E-state index is 0.337. The molecule has 0 aliphatic rings. The van der Waals surface area contributed by atoms with Crippen molar-refractivity contribution in [3.05, 3.63) is 34.9 Å². The number of hydrogen-bond donors (Lipinski definition) is 2. The Bertz CT molecular complexity index is 464. The van der Waals surface area contributed by atoms with E-state index in [-0.39, 0.29) is 12.5 Å². The molecule has 0 saturated carbocycles. The number of hydrogen-bond acceptors (Lipinski definition) is 2. The first-order valence-corrected chi connectivity index (χ1v) is 6.60. The number of nitrogens with one attached hydrogen (secondary N) is 1. The van der Waals surface area contributed by atoms with Crippen molar-refractivity contribution in [1.82, 2.24) is 5.32 Å². The lowest BCUT2D eigenvalue weighted by atomic mass is 9.91. The summed E-state index contributed by atoms with van der Waals surface area (Å²) in [6.45, 7) is 5.82. The van der Waals surface area contributed by atoms with E-state index in [0.29, 0.717) is 11.5 Å². The standard InChI is InChI=1S/C15H21NO3/c1-4-11(5-2)12-6-7-13(10(3)8-12)15(19)16-9-14(17)18/h6-8,11H,4-5,9H2,1-3H3,(H,16,19)(H,17,18). The summed E-state index contributed by atoms with van der Waals surface area (Å²) in [4.78, 5) is 22.2. The van der Waals surface area contributed by atoms with E-state index in [1.54, 1.807) is 6.07 Å². The van der Waals surface area contributed by atoms with Gasteiger partial charge in [0.1, 0.15) is 6.54 Å². The second kappa shape index (κ2) is 6.92. The van der Waals surface area contributed by atoms with Crippen molar-refractivity contribution in [2.75, 3.05) is 6.54 Å². The molecule has 4 heteroatoms. The Morgan fingerprint density at radius 3 is 2.37 bits per heavy atom. The summed E-state index contributed by atoms with van der Waals surface area (Å²) in [7, 11) is 0. The van der Waals surface area contributed by atoms with Crippen LogP contribution in [0.5, 0.6) is 0 Å². The predicted octanol–water partition coefficient (Wildman–Crippen LogP) is 2.71. The Balaban J connectivity index is 2.87. The molecule has 0 unspecified atom stereocenters. The first-order valence-electron chi connectivity index (χ1n) is 6.60. The summed E-state index contributed by atoms with van der Waals surface area (Å²) < 4.78 is 0. The maximum atomic E-state index is 11.8. The van der Waals surface area contributed by atoms with Crippen LogP contribution in [0.3, 0.4) is 0 Å². The monoisotopic (exact) mass is 263 g/mol. The van der Waals surface area contributed by atoms with Gasteiger partial charge in [0.15, 0.2) is 0 Å². The van der Waals surface area contributed by atoms with Crippen molar-refractivity contribution in [2.45, 2.75) is 39.5 Å². The highest BCUT2D eigenvalue weighted by molar-refractivity contribution is 5.97. The zero-order valence-electron chi connectivity index (χ0n) is 11.7. The van der Waals surface area contributed by atoms with Crippen LogP contribution in [-0.2, 0) is 4.79 Å². The summed E-state index contributed by atoms with van der Waals surface area (Å²) in [5.41, 5.74) is 2.65. The highest BCUT2D eigenvalue weighted by Crippen LogP contribution is 2.24. The molecular weight excluding hydrogens is 242 g/mol. The van der Waals surface area contributed by atoms with Crippen molar-refractivity contribution in [3.63, 3.8) is 0 Å². The molecule has 1 amide bonds. The Hall–Kier alpha value is -1.84. The molecule has 0 bridgehead atoms. The number of aliphatic carboxylic acids is 1. The Morgan fingerprint density at radius 1 is 1.26 bits per heavy atom. The molecule has 0 saturated heterocycles. The first-order chi connectivity index (χ1) is 8.99. The van der Waals surface area contributed by atoms with E-state index in [0.717, 1.165) is 18.4 Å². The molecule has 0 atom stereocenters. The van der Waals surface area contributed by atoms with E-state index in [1.165, 1.54) is 5.56 Å². The molecule has 0 heterocycles. The van der Waals surface area contributed by atoms with Crippen LogP contribution < -0.4 is 5.32 Å². The van der Waals surface area contributed by atoms with Crippen LogP contribution in [0.2, 0.25) is 0 Å². The van der Waals surface area contributed by atoms with Gasteiger partial charge in [0.2, 0.25) is 0 Å². The lowest BCUT2D eigenvalue weighted by molar-refractivity contribution is -0.135. The van der Waals surface area contributed by atoms with Crippen molar-refractivity contribution in [1.29, 1.82) is 0 Å². The average Bonchev–Trinajstić information content (AvgIpc) is 2.37. The summed E-state index contributed by atoms with van der Waals surface area (Å²) in [5.74, 6) is -0.870. The van der Waals surface area contributed by atoms with E-state index >= 15 is 0 Å². The van der Waals surface area contributed by atoms with Crippen molar-refractivity contribution in [2.24, 2.45) is 0 Å². The van der Waals surface area contributed by atoms with E-state index in [4.69, 9.17) is 5.11 Å². The third-order valence-electron chi connectivity index (χ3n) is 3.35. The maximum Gasteiger partial charge on any atom is 0.322 e. The van der Waals surface area contributed by atoms with Gasteiger partial charge >= 0.3 is 5.97 Å². The molecule has 1 rings (SSSR count). The Kier molecular flexibility index (Phi) is 5.55. The number of aryl methyl sites for hydroxylation is 1. The third kappa shape index (κ3) is 4.09. The third-order valence-corrected chi connectivity index (χ3v) is 3.35. The summed E-state index contributed by atoms with van der Waals surface area (Å²) in [5, 5.41) is 10.9. The van der Waals surface area contributed by atoms with Gasteiger partial charge in [-0.1, -0.05) is 26.0 Å². The number of rotatable bonds is 6. The molecule has 19 heavy (non-hydrogen) atoms. The van der Waals surface area contributed by atoms with Gasteiger partial charge in [-0.15, -0.1) is 0 Å². The molecule has 0 spiro atoms. The van der Waals surface area contributed by atoms with E-state index < -0.39 is 5.97 Å². The molecule has 4 nitrogen and oxygen atoms in total. The number of carboxylic acid groups (broad SMARTS) is 1. The second-order valence-electron chi connectivity index (χ2n) is 4.66. The lowest BCUT2D eigenvalue weighted by Crippen LogP contribution is -2.29. The first kappa shape index (κ1) is 15.2. The molecule has 0 radical (unpaired) electrons. The normalized spacial score (nSPS) is 10.5. The van der Waals surface area contributed by atoms with Gasteiger partial charge in [0, 0.05) is 5.56 Å². The van der Waals surface area contributed by atoms with Crippen molar-refractivity contribution in [3.8, 4) is 0 Å². The largest absolute Gasteiger partial charge is 0.480 e. The molecule has 0 aliphatic carbocycles. The molecule has 1 aromatic rings. The minimum atomic E-state index is -1.04. The second-order valence-corrected chi connectivity index (χ2v) is 4.66. The average molecular weight is 263 g/mol. The molecule has 0 fully saturated rings. The zero-order valence-corrected chi connectivity index (χ0v) is 11.7. The van der Waals surface area contributed by atoms with Crippen LogP contribution in [0, 0.1) is 6.92 Å². The van der Waals surface area contributed by atoms with Crippen LogP contribution in [0.4, 0.5) is 0 Å². The Morgan fingerprint density at radius 2 is 1.89 bits per heavy atom. The van der Waals surface area contributed by atoms with Gasteiger partial charge < -0.3 is 10.4 Å². The highest BCUT2D eigenvalue weighted by atomic mass is 16.4. The van der Waals surface area contributed by atoms with E-state index in [9.17, 15) is 9.59 Å². The Labute approximate surface area is 113 Å². The molecule has 104 valence electrons. The quantitative estimate of drug-likeness (QED) is 0.829. The van der Waals surface area contributed by atoms with Crippen LogP contribution in [0.15, 0.2) is 18.2 Å². The lowest BCUT2D eigenvalue weighted by Gasteiger charge is -2.15. The van der Waals surface area contributed by atoms with Crippen LogP contribution >= 0.6 is 0 Å².